The van der Waals surface area contributed by atoms with Gasteiger partial charge in [0.05, 0.1) is 0 Å². The fraction of sp³-hybridized carbons (Fsp3) is 0.143. The van der Waals surface area contributed by atoms with Crippen molar-refractivity contribution < 1.29 is 9.59 Å². The van der Waals surface area contributed by atoms with E-state index >= 15 is 0 Å². The Morgan fingerprint density at radius 2 is 1.67 bits per heavy atom. The Morgan fingerprint density at radius 1 is 0.889 bits per heavy atom. The van der Waals surface area contributed by atoms with E-state index in [0.717, 1.165) is 22.3 Å². The molecule has 2 amide bonds. The van der Waals surface area contributed by atoms with Crippen molar-refractivity contribution in [2.75, 3.05) is 0 Å². The van der Waals surface area contributed by atoms with Crippen LogP contribution < -0.4 is 10.6 Å². The monoisotopic (exact) mass is 360 g/mol. The van der Waals surface area contributed by atoms with Gasteiger partial charge in [-0.3, -0.25) is 19.6 Å². The number of aromatic nitrogens is 2. The van der Waals surface area contributed by atoms with Gasteiger partial charge in [-0.2, -0.15) is 0 Å². The van der Waals surface area contributed by atoms with Gasteiger partial charge in [-0.05, 0) is 41.0 Å². The fourth-order valence-corrected chi connectivity index (χ4v) is 2.66. The minimum Gasteiger partial charge on any atom is -0.352 e. The standard InChI is InChI=1S/C21H20N4O2/c1-15(26)24-14-17-4-2-5-18(12-17)19-6-3-9-23-20(19)21(27)25-13-16-7-10-22-11-8-16/h2-12H,13-14H2,1H3,(H,24,26)(H,25,27). The van der Waals surface area contributed by atoms with Gasteiger partial charge in [0.2, 0.25) is 5.91 Å². The number of rotatable bonds is 6. The number of hydrogen-bond donors (Lipinski definition) is 2. The molecular formula is C21H20N4O2. The summed E-state index contributed by atoms with van der Waals surface area (Å²) >= 11 is 0. The van der Waals surface area contributed by atoms with Crippen LogP contribution in [0.15, 0.2) is 67.1 Å². The lowest BCUT2D eigenvalue weighted by atomic mass is 10.0. The normalized spacial score (nSPS) is 10.3. The van der Waals surface area contributed by atoms with Gasteiger partial charge in [0.15, 0.2) is 0 Å². The third kappa shape index (κ3) is 4.98. The van der Waals surface area contributed by atoms with E-state index in [9.17, 15) is 9.59 Å². The van der Waals surface area contributed by atoms with Crippen LogP contribution in [0.4, 0.5) is 0 Å². The largest absolute Gasteiger partial charge is 0.352 e. The van der Waals surface area contributed by atoms with Crippen LogP contribution in [0, 0.1) is 0 Å². The number of nitrogens with one attached hydrogen (secondary N) is 2. The molecule has 0 unspecified atom stereocenters. The predicted octanol–water partition coefficient (Wildman–Crippen LogP) is 2.71. The van der Waals surface area contributed by atoms with E-state index in [0.29, 0.717) is 18.8 Å². The summed E-state index contributed by atoms with van der Waals surface area (Å²) in [7, 11) is 0. The van der Waals surface area contributed by atoms with Gasteiger partial charge in [0, 0.05) is 44.2 Å². The molecule has 6 nitrogen and oxygen atoms in total. The summed E-state index contributed by atoms with van der Waals surface area (Å²) < 4.78 is 0. The number of carbonyl (C=O) groups excluding carboxylic acids is 2. The zero-order valence-corrected chi connectivity index (χ0v) is 15.0. The highest BCUT2D eigenvalue weighted by Gasteiger charge is 2.14. The van der Waals surface area contributed by atoms with E-state index in [1.165, 1.54) is 6.92 Å². The molecule has 0 saturated heterocycles. The molecule has 2 aromatic heterocycles. The SMILES string of the molecule is CC(=O)NCc1cccc(-c2cccnc2C(=O)NCc2ccncc2)c1. The van der Waals surface area contributed by atoms with Crippen LogP contribution in [-0.2, 0) is 17.9 Å². The van der Waals surface area contributed by atoms with E-state index < -0.39 is 0 Å². The Hall–Kier alpha value is -3.54. The lowest BCUT2D eigenvalue weighted by Crippen LogP contribution is -2.24. The second kappa shape index (κ2) is 8.71. The molecule has 2 heterocycles. The minimum atomic E-state index is -0.241. The quantitative estimate of drug-likeness (QED) is 0.708. The van der Waals surface area contributed by atoms with Crippen molar-refractivity contribution in [1.29, 1.82) is 0 Å². The van der Waals surface area contributed by atoms with Crippen LogP contribution in [0.25, 0.3) is 11.1 Å². The van der Waals surface area contributed by atoms with Gasteiger partial charge in [0.25, 0.3) is 5.91 Å². The molecule has 136 valence electrons. The van der Waals surface area contributed by atoms with Crippen molar-refractivity contribution in [3.63, 3.8) is 0 Å². The maximum absolute atomic E-state index is 12.7. The molecule has 6 heteroatoms. The van der Waals surface area contributed by atoms with Crippen molar-refractivity contribution in [3.05, 3.63) is 83.9 Å². The van der Waals surface area contributed by atoms with Crippen molar-refractivity contribution in [1.82, 2.24) is 20.6 Å². The molecule has 27 heavy (non-hydrogen) atoms. The first-order valence-corrected chi connectivity index (χ1v) is 8.59. The second-order valence-electron chi connectivity index (χ2n) is 6.05. The highest BCUT2D eigenvalue weighted by molar-refractivity contribution is 5.98. The lowest BCUT2D eigenvalue weighted by Gasteiger charge is -2.11. The van der Waals surface area contributed by atoms with Crippen LogP contribution in [-0.4, -0.2) is 21.8 Å². The number of carbonyl (C=O) groups is 2. The highest BCUT2D eigenvalue weighted by atomic mass is 16.2. The molecule has 3 aromatic rings. The maximum atomic E-state index is 12.7. The van der Waals surface area contributed by atoms with E-state index in [2.05, 4.69) is 20.6 Å². The summed E-state index contributed by atoms with van der Waals surface area (Å²) in [5.74, 6) is -0.326. The molecular weight excluding hydrogens is 340 g/mol. The maximum Gasteiger partial charge on any atom is 0.270 e. The molecule has 0 aliphatic carbocycles. The Kier molecular flexibility index (Phi) is 5.89. The van der Waals surface area contributed by atoms with E-state index in [4.69, 9.17) is 0 Å². The lowest BCUT2D eigenvalue weighted by molar-refractivity contribution is -0.119. The predicted molar refractivity (Wildman–Crippen MR) is 103 cm³/mol. The fourth-order valence-electron chi connectivity index (χ4n) is 2.66. The second-order valence-corrected chi connectivity index (χ2v) is 6.05. The van der Waals surface area contributed by atoms with Crippen LogP contribution >= 0.6 is 0 Å². The smallest absolute Gasteiger partial charge is 0.270 e. The molecule has 0 aliphatic rings. The van der Waals surface area contributed by atoms with Crippen LogP contribution in [0.3, 0.4) is 0 Å². The summed E-state index contributed by atoms with van der Waals surface area (Å²) in [4.78, 5) is 32.0. The average molecular weight is 360 g/mol. The Balaban J connectivity index is 1.80. The Labute approximate surface area is 157 Å². The van der Waals surface area contributed by atoms with Gasteiger partial charge >= 0.3 is 0 Å². The number of pyridine rings is 2. The van der Waals surface area contributed by atoms with E-state index in [-0.39, 0.29) is 11.8 Å². The molecule has 0 bridgehead atoms. The first kappa shape index (κ1) is 18.3. The third-order valence-electron chi connectivity index (χ3n) is 4.00. The molecule has 0 atom stereocenters. The molecule has 0 saturated carbocycles. The number of amides is 2. The van der Waals surface area contributed by atoms with Crippen LogP contribution in [0.1, 0.15) is 28.5 Å². The van der Waals surface area contributed by atoms with Crippen molar-refractivity contribution in [2.45, 2.75) is 20.0 Å². The van der Waals surface area contributed by atoms with Gasteiger partial charge in [-0.1, -0.05) is 24.3 Å². The topological polar surface area (TPSA) is 84.0 Å². The summed E-state index contributed by atoms with van der Waals surface area (Å²) in [6.07, 6.45) is 4.98. The molecule has 0 aliphatic heterocycles. The van der Waals surface area contributed by atoms with Gasteiger partial charge in [0.1, 0.15) is 5.69 Å². The number of nitrogens with zero attached hydrogens (tertiary/aromatic N) is 2. The van der Waals surface area contributed by atoms with Crippen molar-refractivity contribution >= 4 is 11.8 Å². The van der Waals surface area contributed by atoms with Crippen molar-refractivity contribution in [2.24, 2.45) is 0 Å². The summed E-state index contributed by atoms with van der Waals surface area (Å²) in [5.41, 5.74) is 3.90. The third-order valence-corrected chi connectivity index (χ3v) is 4.00. The molecule has 1 aromatic carbocycles. The summed E-state index contributed by atoms with van der Waals surface area (Å²) in [6, 6.07) is 15.1. The van der Waals surface area contributed by atoms with E-state index in [1.807, 2.05) is 42.5 Å². The molecule has 2 N–H and O–H groups in total. The average Bonchev–Trinajstić information content (AvgIpc) is 2.71. The first-order chi connectivity index (χ1) is 13.1. The van der Waals surface area contributed by atoms with Crippen molar-refractivity contribution in [3.8, 4) is 11.1 Å². The zero-order valence-electron chi connectivity index (χ0n) is 15.0. The molecule has 3 rings (SSSR count). The number of hydrogen-bond acceptors (Lipinski definition) is 4. The number of benzene rings is 1. The van der Waals surface area contributed by atoms with Gasteiger partial charge in [-0.15, -0.1) is 0 Å². The first-order valence-electron chi connectivity index (χ1n) is 8.59. The summed E-state index contributed by atoms with van der Waals surface area (Å²) in [5, 5.41) is 5.67. The molecule has 0 spiro atoms. The van der Waals surface area contributed by atoms with Gasteiger partial charge < -0.3 is 10.6 Å². The minimum absolute atomic E-state index is 0.0852. The van der Waals surface area contributed by atoms with Gasteiger partial charge in [-0.25, -0.2) is 0 Å². The van der Waals surface area contributed by atoms with Crippen LogP contribution in [0.5, 0.6) is 0 Å². The highest BCUT2D eigenvalue weighted by Crippen LogP contribution is 2.23. The Morgan fingerprint density at radius 3 is 2.44 bits per heavy atom. The summed E-state index contributed by atoms with van der Waals surface area (Å²) in [6.45, 7) is 2.32. The Bertz CT molecular complexity index is 942. The van der Waals surface area contributed by atoms with E-state index in [1.54, 1.807) is 24.7 Å². The molecule has 0 radical (unpaired) electrons. The zero-order chi connectivity index (χ0) is 19.1. The van der Waals surface area contributed by atoms with Crippen LogP contribution in [0.2, 0.25) is 0 Å². The molecule has 0 fully saturated rings.